The van der Waals surface area contributed by atoms with E-state index in [0.717, 1.165) is 50.6 Å². The second kappa shape index (κ2) is 9.10. The minimum atomic E-state index is 0. The van der Waals surface area contributed by atoms with Gasteiger partial charge < -0.3 is 26.6 Å². The lowest BCUT2D eigenvalue weighted by Crippen LogP contribution is -3.00. The molecule has 0 saturated carbocycles. The zero-order valence-corrected chi connectivity index (χ0v) is 16.5. The van der Waals surface area contributed by atoms with Gasteiger partial charge in [0.05, 0.1) is 7.11 Å². The molecular weight excluding hydrogens is 350 g/mol. The molecule has 142 valence electrons. The maximum absolute atomic E-state index is 12.6. The molecule has 0 spiro atoms. The van der Waals surface area contributed by atoms with Crippen LogP contribution in [0.1, 0.15) is 21.7 Å². The smallest absolute Gasteiger partial charge is 0.253 e. The molecule has 0 bridgehead atoms. The molecule has 2 heterocycles. The Morgan fingerprint density at radius 3 is 2.04 bits per heavy atom. The van der Waals surface area contributed by atoms with E-state index >= 15 is 0 Å². The Hall–Kier alpha value is -1.98. The van der Waals surface area contributed by atoms with Crippen LogP contribution < -0.4 is 17.1 Å². The van der Waals surface area contributed by atoms with Gasteiger partial charge in [0, 0.05) is 56.2 Å². The Bertz CT molecular complexity index is 700. The Balaban J connectivity index is 0.00000243. The van der Waals surface area contributed by atoms with Crippen molar-refractivity contribution < 1.29 is 21.9 Å². The van der Waals surface area contributed by atoms with Crippen molar-refractivity contribution in [2.24, 2.45) is 0 Å². The molecule has 1 aliphatic heterocycles. The Morgan fingerprint density at radius 1 is 0.923 bits per heavy atom. The van der Waals surface area contributed by atoms with Gasteiger partial charge in [-0.2, -0.15) is 0 Å². The summed E-state index contributed by atoms with van der Waals surface area (Å²) in [5.74, 6) is 0.886. The molecule has 1 fully saturated rings. The summed E-state index contributed by atoms with van der Waals surface area (Å²) in [6.45, 7) is 9.78. The zero-order chi connectivity index (χ0) is 17.8. The van der Waals surface area contributed by atoms with Crippen LogP contribution in [0.5, 0.6) is 5.75 Å². The van der Waals surface area contributed by atoms with Gasteiger partial charge in [0.2, 0.25) is 0 Å². The van der Waals surface area contributed by atoms with Gasteiger partial charge in [-0.3, -0.25) is 9.69 Å². The van der Waals surface area contributed by atoms with Crippen LogP contribution in [0.3, 0.4) is 0 Å². The van der Waals surface area contributed by atoms with Crippen molar-refractivity contribution in [3.8, 4) is 5.75 Å². The maximum Gasteiger partial charge on any atom is 0.253 e. The highest BCUT2D eigenvalue weighted by Crippen LogP contribution is 2.14. The second-order valence-electron chi connectivity index (χ2n) is 6.63. The molecule has 1 aromatic carbocycles. The molecular formula is C20H27ClN3O2-. The highest BCUT2D eigenvalue weighted by molar-refractivity contribution is 5.94. The Kier molecular flexibility index (Phi) is 7.12. The number of aryl methyl sites for hydroxylation is 2. The first-order chi connectivity index (χ1) is 12.1. The maximum atomic E-state index is 12.6. The van der Waals surface area contributed by atoms with Gasteiger partial charge in [0.15, 0.2) is 0 Å². The lowest BCUT2D eigenvalue weighted by Gasteiger charge is -2.35. The van der Waals surface area contributed by atoms with Crippen LogP contribution in [0.2, 0.25) is 0 Å². The largest absolute Gasteiger partial charge is 1.00 e. The molecule has 0 aliphatic carbocycles. The number of aromatic nitrogens is 1. The molecule has 2 aromatic rings. The number of ether oxygens (including phenoxy) is 1. The summed E-state index contributed by atoms with van der Waals surface area (Å²) in [4.78, 5) is 17.0. The summed E-state index contributed by atoms with van der Waals surface area (Å²) in [6.07, 6.45) is 0. The molecule has 3 rings (SSSR count). The number of piperazine rings is 1. The third-order valence-corrected chi connectivity index (χ3v) is 5.05. The topological polar surface area (TPSA) is 37.7 Å². The molecule has 26 heavy (non-hydrogen) atoms. The number of carbonyl (C=O) groups is 1. The quantitative estimate of drug-likeness (QED) is 0.711. The average Bonchev–Trinajstić information content (AvgIpc) is 2.98. The van der Waals surface area contributed by atoms with E-state index in [0.29, 0.717) is 0 Å². The predicted octanol–water partition coefficient (Wildman–Crippen LogP) is -0.424. The van der Waals surface area contributed by atoms with E-state index in [-0.39, 0.29) is 18.3 Å². The fourth-order valence-electron chi connectivity index (χ4n) is 3.38. The first-order valence-electron chi connectivity index (χ1n) is 8.87. The van der Waals surface area contributed by atoms with Crippen LogP contribution >= 0.6 is 0 Å². The van der Waals surface area contributed by atoms with E-state index in [9.17, 15) is 4.79 Å². The molecule has 1 saturated heterocycles. The van der Waals surface area contributed by atoms with Crippen molar-refractivity contribution in [1.82, 2.24) is 14.4 Å². The Morgan fingerprint density at radius 2 is 1.50 bits per heavy atom. The van der Waals surface area contributed by atoms with Gasteiger partial charge in [0.1, 0.15) is 5.75 Å². The molecule has 1 aliphatic rings. The Labute approximate surface area is 161 Å². The minimum absolute atomic E-state index is 0. The standard InChI is InChI=1S/C20H27N3O2.ClH/c1-16-4-5-17(2)23(16)15-12-21-10-13-22(14-11-21)20(24)18-6-8-19(25-3)9-7-18;/h4-9H,10-15H2,1-3H3;1H/p-1. The molecule has 0 N–H and O–H groups in total. The highest BCUT2D eigenvalue weighted by atomic mass is 35.5. The zero-order valence-electron chi connectivity index (χ0n) is 15.7. The third-order valence-electron chi connectivity index (χ3n) is 5.05. The van der Waals surface area contributed by atoms with Crippen LogP contribution in [0.4, 0.5) is 0 Å². The van der Waals surface area contributed by atoms with Gasteiger partial charge in [-0.1, -0.05) is 0 Å². The normalized spacial score (nSPS) is 14.8. The van der Waals surface area contributed by atoms with Crippen molar-refractivity contribution >= 4 is 5.91 Å². The number of benzene rings is 1. The number of halogens is 1. The van der Waals surface area contributed by atoms with Crippen molar-refractivity contribution in [2.75, 3.05) is 39.8 Å². The number of hydrogen-bond donors (Lipinski definition) is 0. The van der Waals surface area contributed by atoms with Crippen LogP contribution in [0.15, 0.2) is 36.4 Å². The van der Waals surface area contributed by atoms with Gasteiger partial charge in [-0.05, 0) is 50.2 Å². The van der Waals surface area contributed by atoms with E-state index in [2.05, 4.69) is 35.4 Å². The molecule has 0 radical (unpaired) electrons. The number of nitrogens with zero attached hydrogens (tertiary/aromatic N) is 3. The number of amides is 1. The number of methoxy groups -OCH3 is 1. The van der Waals surface area contributed by atoms with E-state index in [4.69, 9.17) is 4.74 Å². The number of rotatable bonds is 5. The summed E-state index contributed by atoms with van der Waals surface area (Å²) in [5.41, 5.74) is 3.35. The SMILES string of the molecule is COc1ccc(C(=O)N2CCN(CCn3c(C)ccc3C)CC2)cc1.[Cl-]. The molecule has 0 atom stereocenters. The minimum Gasteiger partial charge on any atom is -1.00 e. The lowest BCUT2D eigenvalue weighted by atomic mass is 10.1. The monoisotopic (exact) mass is 376 g/mol. The van der Waals surface area contributed by atoms with Crippen molar-refractivity contribution in [1.29, 1.82) is 0 Å². The van der Waals surface area contributed by atoms with Gasteiger partial charge in [-0.15, -0.1) is 0 Å². The summed E-state index contributed by atoms with van der Waals surface area (Å²) >= 11 is 0. The molecule has 1 aromatic heterocycles. The van der Waals surface area contributed by atoms with Crippen molar-refractivity contribution in [2.45, 2.75) is 20.4 Å². The van der Waals surface area contributed by atoms with Crippen LogP contribution in [0, 0.1) is 13.8 Å². The lowest BCUT2D eigenvalue weighted by molar-refractivity contribution is -0.0000163. The summed E-state index contributed by atoms with van der Waals surface area (Å²) in [7, 11) is 1.63. The molecule has 1 amide bonds. The fourth-order valence-corrected chi connectivity index (χ4v) is 3.38. The summed E-state index contributed by atoms with van der Waals surface area (Å²) < 4.78 is 7.51. The van der Waals surface area contributed by atoms with Crippen LogP contribution in [0.25, 0.3) is 0 Å². The van der Waals surface area contributed by atoms with Crippen LogP contribution in [-0.4, -0.2) is 60.1 Å². The molecule has 0 unspecified atom stereocenters. The van der Waals surface area contributed by atoms with Crippen molar-refractivity contribution in [3.05, 3.63) is 53.3 Å². The third kappa shape index (κ3) is 4.59. The molecule has 6 heteroatoms. The predicted molar refractivity (Wildman–Crippen MR) is 99.2 cm³/mol. The number of carbonyl (C=O) groups excluding carboxylic acids is 1. The van der Waals surface area contributed by atoms with E-state index in [1.54, 1.807) is 7.11 Å². The first kappa shape index (κ1) is 20.3. The van der Waals surface area contributed by atoms with E-state index in [1.165, 1.54) is 11.4 Å². The fraction of sp³-hybridized carbons (Fsp3) is 0.450. The van der Waals surface area contributed by atoms with E-state index < -0.39 is 0 Å². The molecule has 5 nitrogen and oxygen atoms in total. The van der Waals surface area contributed by atoms with Crippen LogP contribution in [-0.2, 0) is 6.54 Å². The highest BCUT2D eigenvalue weighted by Gasteiger charge is 2.22. The first-order valence-corrected chi connectivity index (χ1v) is 8.87. The second-order valence-corrected chi connectivity index (χ2v) is 6.63. The van der Waals surface area contributed by atoms with Crippen molar-refractivity contribution in [3.63, 3.8) is 0 Å². The average molecular weight is 377 g/mol. The van der Waals surface area contributed by atoms with E-state index in [1.807, 2.05) is 29.2 Å². The van der Waals surface area contributed by atoms with Gasteiger partial charge >= 0.3 is 0 Å². The summed E-state index contributed by atoms with van der Waals surface area (Å²) in [6, 6.07) is 11.7. The van der Waals surface area contributed by atoms with Gasteiger partial charge in [0.25, 0.3) is 5.91 Å². The number of hydrogen-bond acceptors (Lipinski definition) is 3. The summed E-state index contributed by atoms with van der Waals surface area (Å²) in [5, 5.41) is 0. The van der Waals surface area contributed by atoms with Gasteiger partial charge in [-0.25, -0.2) is 0 Å².